The minimum atomic E-state index is 0.0368. The Morgan fingerprint density at radius 2 is 2.00 bits per heavy atom. The minimum absolute atomic E-state index is 0.0368. The lowest BCUT2D eigenvalue weighted by Gasteiger charge is -2.29. The normalized spacial score (nSPS) is 18.2. The number of rotatable bonds is 6. The van der Waals surface area contributed by atoms with Gasteiger partial charge >= 0.3 is 0 Å². The number of carbonyl (C=O) groups excluding carboxylic acids is 1. The molecule has 3 heterocycles. The highest BCUT2D eigenvalue weighted by Crippen LogP contribution is 2.28. The first-order valence-corrected chi connectivity index (χ1v) is 10.5. The number of benzene rings is 1. The maximum atomic E-state index is 13.2. The van der Waals surface area contributed by atoms with Crippen LogP contribution in [0.1, 0.15) is 35.0 Å². The van der Waals surface area contributed by atoms with Crippen LogP contribution < -0.4 is 5.32 Å². The fourth-order valence-corrected chi connectivity index (χ4v) is 4.19. The molecule has 1 amide bonds. The van der Waals surface area contributed by atoms with E-state index >= 15 is 0 Å². The van der Waals surface area contributed by atoms with Crippen molar-refractivity contribution in [2.45, 2.75) is 26.3 Å². The number of nitrogens with one attached hydrogen (secondary N) is 1. The van der Waals surface area contributed by atoms with Gasteiger partial charge in [-0.1, -0.05) is 25.1 Å². The van der Waals surface area contributed by atoms with Crippen molar-refractivity contribution < 1.29 is 9.53 Å². The summed E-state index contributed by atoms with van der Waals surface area (Å²) < 4.78 is 5.39. The van der Waals surface area contributed by atoms with Crippen molar-refractivity contribution in [1.82, 2.24) is 20.1 Å². The molecular formula is C22H30N4O2. The molecule has 0 bridgehead atoms. The van der Waals surface area contributed by atoms with Gasteiger partial charge in [0.05, 0.1) is 24.3 Å². The van der Waals surface area contributed by atoms with Crippen LogP contribution in [-0.4, -0.2) is 73.2 Å². The van der Waals surface area contributed by atoms with Crippen molar-refractivity contribution >= 4 is 16.8 Å². The lowest BCUT2D eigenvalue weighted by molar-refractivity contribution is 0.0374. The van der Waals surface area contributed by atoms with Crippen LogP contribution in [0.2, 0.25) is 0 Å². The molecule has 4 rings (SSSR count). The number of ether oxygens (including phenoxy) is 1. The molecule has 0 radical (unpaired) electrons. The Kier molecular flexibility index (Phi) is 6.20. The van der Waals surface area contributed by atoms with Crippen LogP contribution in [0.4, 0.5) is 0 Å². The van der Waals surface area contributed by atoms with Gasteiger partial charge in [-0.25, -0.2) is 0 Å². The van der Waals surface area contributed by atoms with Crippen molar-refractivity contribution in [2.75, 3.05) is 52.5 Å². The summed E-state index contributed by atoms with van der Waals surface area (Å²) in [7, 11) is 0. The lowest BCUT2D eigenvalue weighted by Crippen LogP contribution is -2.38. The highest BCUT2D eigenvalue weighted by atomic mass is 16.5. The molecule has 150 valence electrons. The molecular weight excluding hydrogens is 352 g/mol. The Hall–Kier alpha value is -2.02. The average molecular weight is 383 g/mol. The van der Waals surface area contributed by atoms with Gasteiger partial charge in [-0.3, -0.25) is 19.6 Å². The third kappa shape index (κ3) is 4.19. The molecule has 2 aliphatic rings. The Labute approximate surface area is 166 Å². The second-order valence-electron chi connectivity index (χ2n) is 7.61. The second kappa shape index (κ2) is 8.99. The summed E-state index contributed by atoms with van der Waals surface area (Å²) in [6, 6.07) is 8.02. The van der Waals surface area contributed by atoms with Gasteiger partial charge in [0.1, 0.15) is 0 Å². The molecule has 0 aliphatic carbocycles. The summed E-state index contributed by atoms with van der Waals surface area (Å²) in [6.45, 7) is 10.3. The Balaban J connectivity index is 1.50. The van der Waals surface area contributed by atoms with Gasteiger partial charge in [0.25, 0.3) is 5.91 Å². The third-order valence-corrected chi connectivity index (χ3v) is 5.84. The lowest BCUT2D eigenvalue weighted by atomic mass is 9.95. The molecule has 0 unspecified atom stereocenters. The molecule has 1 aromatic heterocycles. The van der Waals surface area contributed by atoms with E-state index in [1.807, 2.05) is 24.3 Å². The van der Waals surface area contributed by atoms with Crippen molar-refractivity contribution in [3.63, 3.8) is 0 Å². The van der Waals surface area contributed by atoms with Crippen LogP contribution in [0.15, 0.2) is 24.3 Å². The summed E-state index contributed by atoms with van der Waals surface area (Å²) in [5, 5.41) is 4.13. The van der Waals surface area contributed by atoms with Crippen molar-refractivity contribution in [3.8, 4) is 0 Å². The number of aromatic nitrogens is 1. The number of likely N-dealkylation sites (N-methyl/N-ethyl adjacent to an activating group) is 1. The first-order valence-electron chi connectivity index (χ1n) is 10.5. The number of carbonyl (C=O) groups is 1. The largest absolute Gasteiger partial charge is 0.379 e. The highest BCUT2D eigenvalue weighted by Gasteiger charge is 2.25. The summed E-state index contributed by atoms with van der Waals surface area (Å²) in [6.07, 6.45) is 1.86. The van der Waals surface area contributed by atoms with Gasteiger partial charge in [0, 0.05) is 55.8 Å². The highest BCUT2D eigenvalue weighted by molar-refractivity contribution is 6.07. The van der Waals surface area contributed by atoms with E-state index in [-0.39, 0.29) is 5.91 Å². The first kappa shape index (κ1) is 19.3. The zero-order valence-electron chi connectivity index (χ0n) is 16.7. The Morgan fingerprint density at radius 3 is 2.82 bits per heavy atom. The molecule has 1 saturated heterocycles. The van der Waals surface area contributed by atoms with Crippen molar-refractivity contribution in [1.29, 1.82) is 0 Å². The molecule has 6 nitrogen and oxygen atoms in total. The van der Waals surface area contributed by atoms with E-state index in [0.29, 0.717) is 6.54 Å². The van der Waals surface area contributed by atoms with E-state index in [9.17, 15) is 4.79 Å². The van der Waals surface area contributed by atoms with Crippen LogP contribution >= 0.6 is 0 Å². The number of fused-ring (bicyclic) bond motifs is 2. The summed E-state index contributed by atoms with van der Waals surface area (Å²) in [5.41, 5.74) is 3.94. The number of nitrogens with zero attached hydrogens (tertiary/aromatic N) is 3. The number of hydrogen-bond donors (Lipinski definition) is 1. The van der Waals surface area contributed by atoms with Gasteiger partial charge < -0.3 is 10.1 Å². The van der Waals surface area contributed by atoms with E-state index in [1.165, 1.54) is 0 Å². The van der Waals surface area contributed by atoms with Gasteiger partial charge in [0.15, 0.2) is 0 Å². The predicted molar refractivity (Wildman–Crippen MR) is 111 cm³/mol. The maximum absolute atomic E-state index is 13.2. The zero-order chi connectivity index (χ0) is 19.3. The first-order chi connectivity index (χ1) is 13.8. The van der Waals surface area contributed by atoms with Gasteiger partial charge in [-0.05, 0) is 25.6 Å². The van der Waals surface area contributed by atoms with E-state index in [2.05, 4.69) is 22.0 Å². The Bertz CT molecular complexity index is 833. The number of pyridine rings is 1. The molecule has 2 aromatic rings. The van der Waals surface area contributed by atoms with Crippen molar-refractivity contribution in [2.24, 2.45) is 0 Å². The van der Waals surface area contributed by atoms with E-state index in [4.69, 9.17) is 9.72 Å². The van der Waals surface area contributed by atoms with Crippen LogP contribution in [0.25, 0.3) is 10.9 Å². The maximum Gasteiger partial charge on any atom is 0.252 e. The topological polar surface area (TPSA) is 57.7 Å². The monoisotopic (exact) mass is 382 g/mol. The molecule has 1 fully saturated rings. The Morgan fingerprint density at radius 1 is 1.18 bits per heavy atom. The summed E-state index contributed by atoms with van der Waals surface area (Å²) in [5.74, 6) is 0.0368. The molecule has 0 spiro atoms. The van der Waals surface area contributed by atoms with Gasteiger partial charge in [-0.15, -0.1) is 0 Å². The molecule has 0 atom stereocenters. The number of morpholine rings is 1. The van der Waals surface area contributed by atoms with Crippen molar-refractivity contribution in [3.05, 3.63) is 41.1 Å². The van der Waals surface area contributed by atoms with E-state index in [1.54, 1.807) is 0 Å². The zero-order valence-corrected chi connectivity index (χ0v) is 16.7. The second-order valence-corrected chi connectivity index (χ2v) is 7.61. The van der Waals surface area contributed by atoms with Gasteiger partial charge in [0.2, 0.25) is 0 Å². The predicted octanol–water partition coefficient (Wildman–Crippen LogP) is 2.06. The summed E-state index contributed by atoms with van der Waals surface area (Å²) >= 11 is 0. The van der Waals surface area contributed by atoms with E-state index < -0.39 is 0 Å². The molecule has 1 aromatic carbocycles. The molecule has 6 heteroatoms. The fraction of sp³-hybridized carbons (Fsp3) is 0.545. The van der Waals surface area contributed by atoms with Crippen LogP contribution in [0.5, 0.6) is 0 Å². The average Bonchev–Trinajstić information content (AvgIpc) is 2.75. The fourth-order valence-electron chi connectivity index (χ4n) is 4.19. The minimum Gasteiger partial charge on any atom is -0.379 e. The quantitative estimate of drug-likeness (QED) is 0.775. The number of hydrogen-bond acceptors (Lipinski definition) is 5. The number of amides is 1. The molecule has 1 N–H and O–H groups in total. The standard InChI is InChI=1S/C22H30N4O2/c1-2-25-11-8-20-18(16-25)21(17-6-3-4-7-19(17)24-20)22(27)23-9-5-10-26-12-14-28-15-13-26/h3-4,6-7H,2,5,8-16H2,1H3,(H,23,27). The number of para-hydroxylation sites is 1. The van der Waals surface area contributed by atoms with Crippen LogP contribution in [0, 0.1) is 0 Å². The molecule has 0 saturated carbocycles. The summed E-state index contributed by atoms with van der Waals surface area (Å²) in [4.78, 5) is 22.8. The van der Waals surface area contributed by atoms with Crippen LogP contribution in [0.3, 0.4) is 0 Å². The van der Waals surface area contributed by atoms with E-state index in [0.717, 1.165) is 93.0 Å². The van der Waals surface area contributed by atoms with Gasteiger partial charge in [-0.2, -0.15) is 0 Å². The van der Waals surface area contributed by atoms with Crippen LogP contribution in [-0.2, 0) is 17.7 Å². The SMILES string of the molecule is CCN1CCc2nc3ccccc3c(C(=O)NCCCN3CCOCC3)c2C1. The third-order valence-electron chi connectivity index (χ3n) is 5.84. The molecule has 28 heavy (non-hydrogen) atoms. The smallest absolute Gasteiger partial charge is 0.252 e. The molecule has 2 aliphatic heterocycles.